The smallest absolute Gasteiger partial charge is 0.239 e. The minimum atomic E-state index is -3.93. The van der Waals surface area contributed by atoms with Gasteiger partial charge < -0.3 is 4.74 Å². The van der Waals surface area contributed by atoms with Crippen molar-refractivity contribution in [2.24, 2.45) is 10.6 Å². The average Bonchev–Trinajstić information content (AvgIpc) is 2.36. The van der Waals surface area contributed by atoms with Crippen molar-refractivity contribution >= 4 is 33.2 Å². The molecule has 0 aliphatic carbocycles. The maximum Gasteiger partial charge on any atom is 0.239 e. The Morgan fingerprint density at radius 3 is 2.48 bits per heavy atom. The summed E-state index contributed by atoms with van der Waals surface area (Å²) >= 11 is 11.8. The van der Waals surface area contributed by atoms with E-state index in [1.54, 1.807) is 0 Å². The Kier molecular flexibility index (Phi) is 5.88. The standard InChI is InChI=1S/C13H16Cl2N2O3S/c1-13(2,8-16)4-3-5-20-11-6-10(15)12(7-9(11)14)21(17,18)19/h6-7H,3-5H2,1-2H3,(H2,17,18,19). The molecule has 21 heavy (non-hydrogen) atoms. The van der Waals surface area contributed by atoms with Gasteiger partial charge in [-0.15, -0.1) is 0 Å². The van der Waals surface area contributed by atoms with Gasteiger partial charge in [-0.05, 0) is 32.8 Å². The third-order valence-electron chi connectivity index (χ3n) is 2.80. The summed E-state index contributed by atoms with van der Waals surface area (Å²) in [6.45, 7) is 4.03. The fraction of sp³-hybridized carbons (Fsp3) is 0.462. The van der Waals surface area contributed by atoms with Gasteiger partial charge in [0.05, 0.1) is 28.1 Å². The van der Waals surface area contributed by atoms with E-state index < -0.39 is 15.4 Å². The SMILES string of the molecule is CC(C)(C#N)CCCOc1cc(Cl)c(S(N)(=O)=O)cc1Cl. The minimum Gasteiger partial charge on any atom is -0.492 e. The molecule has 0 aliphatic heterocycles. The number of rotatable bonds is 6. The Labute approximate surface area is 134 Å². The van der Waals surface area contributed by atoms with Crippen LogP contribution in [0.1, 0.15) is 26.7 Å². The van der Waals surface area contributed by atoms with E-state index in [0.29, 0.717) is 19.4 Å². The first-order valence-corrected chi connectivity index (χ1v) is 8.43. The molecule has 8 heteroatoms. The van der Waals surface area contributed by atoms with Gasteiger partial charge in [-0.3, -0.25) is 0 Å². The van der Waals surface area contributed by atoms with E-state index in [9.17, 15) is 8.42 Å². The van der Waals surface area contributed by atoms with Crippen molar-refractivity contribution in [3.8, 4) is 11.8 Å². The van der Waals surface area contributed by atoms with E-state index >= 15 is 0 Å². The molecule has 0 fully saturated rings. The topological polar surface area (TPSA) is 93.2 Å². The molecule has 0 saturated heterocycles. The maximum absolute atomic E-state index is 11.3. The van der Waals surface area contributed by atoms with Gasteiger partial charge in [0.15, 0.2) is 0 Å². The lowest BCUT2D eigenvalue weighted by Crippen LogP contribution is -2.13. The van der Waals surface area contributed by atoms with Crippen molar-refractivity contribution < 1.29 is 13.2 Å². The third-order valence-corrected chi connectivity index (χ3v) is 4.47. The van der Waals surface area contributed by atoms with Crippen LogP contribution in [0.4, 0.5) is 0 Å². The molecule has 0 atom stereocenters. The lowest BCUT2D eigenvalue weighted by Gasteiger charge is -2.15. The van der Waals surface area contributed by atoms with Gasteiger partial charge >= 0.3 is 0 Å². The summed E-state index contributed by atoms with van der Waals surface area (Å²) in [5, 5.41) is 14.0. The molecule has 0 bridgehead atoms. The van der Waals surface area contributed by atoms with E-state index in [1.165, 1.54) is 6.07 Å². The highest BCUT2D eigenvalue weighted by Gasteiger charge is 2.18. The number of ether oxygens (including phenoxy) is 1. The number of sulfonamides is 1. The number of hydrogen-bond donors (Lipinski definition) is 1. The first-order valence-electron chi connectivity index (χ1n) is 6.13. The van der Waals surface area contributed by atoms with Gasteiger partial charge in [-0.2, -0.15) is 5.26 Å². The molecule has 0 aliphatic rings. The summed E-state index contributed by atoms with van der Waals surface area (Å²) in [4.78, 5) is -0.243. The highest BCUT2D eigenvalue weighted by Crippen LogP contribution is 2.33. The Hall–Kier alpha value is -1.00. The van der Waals surface area contributed by atoms with Crippen LogP contribution in [0, 0.1) is 16.7 Å². The molecule has 0 spiro atoms. The molecule has 0 unspecified atom stereocenters. The molecule has 1 aromatic rings. The summed E-state index contributed by atoms with van der Waals surface area (Å²) in [6.07, 6.45) is 1.33. The van der Waals surface area contributed by atoms with Gasteiger partial charge in [0.2, 0.25) is 10.0 Å². The predicted molar refractivity (Wildman–Crippen MR) is 82.0 cm³/mol. The van der Waals surface area contributed by atoms with Crippen LogP contribution in [0.25, 0.3) is 0 Å². The Balaban J connectivity index is 2.75. The maximum atomic E-state index is 11.3. The van der Waals surface area contributed by atoms with Crippen LogP contribution in [0.5, 0.6) is 5.75 Å². The molecule has 0 amide bonds. The zero-order valence-electron chi connectivity index (χ0n) is 11.7. The zero-order valence-corrected chi connectivity index (χ0v) is 14.0. The molecule has 0 heterocycles. The second-order valence-corrected chi connectivity index (χ2v) is 7.55. The molecule has 0 aromatic heterocycles. The van der Waals surface area contributed by atoms with Crippen LogP contribution in [-0.4, -0.2) is 15.0 Å². The average molecular weight is 351 g/mol. The summed E-state index contributed by atoms with van der Waals surface area (Å²) < 4.78 is 28.0. The number of hydrogen-bond acceptors (Lipinski definition) is 4. The number of nitriles is 1. The van der Waals surface area contributed by atoms with Gasteiger partial charge in [-0.1, -0.05) is 23.2 Å². The van der Waals surface area contributed by atoms with Crippen LogP contribution >= 0.6 is 23.2 Å². The second kappa shape index (κ2) is 6.84. The Morgan fingerprint density at radius 2 is 1.95 bits per heavy atom. The van der Waals surface area contributed by atoms with E-state index in [-0.39, 0.29) is 20.7 Å². The molecule has 2 N–H and O–H groups in total. The van der Waals surface area contributed by atoms with Gasteiger partial charge in [0.1, 0.15) is 10.6 Å². The molecule has 116 valence electrons. The molecule has 0 saturated carbocycles. The van der Waals surface area contributed by atoms with E-state index in [4.69, 9.17) is 38.3 Å². The summed E-state index contributed by atoms with van der Waals surface area (Å²) in [6, 6.07) is 4.68. The van der Waals surface area contributed by atoms with Crippen molar-refractivity contribution in [3.05, 3.63) is 22.2 Å². The largest absolute Gasteiger partial charge is 0.492 e. The van der Waals surface area contributed by atoms with E-state index in [2.05, 4.69) is 6.07 Å². The molecular formula is C13H16Cl2N2O3S. The molecule has 0 radical (unpaired) electrons. The fourth-order valence-electron chi connectivity index (χ4n) is 1.59. The number of halogens is 2. The second-order valence-electron chi connectivity index (χ2n) is 5.21. The van der Waals surface area contributed by atoms with Crippen LogP contribution in [0.2, 0.25) is 10.0 Å². The van der Waals surface area contributed by atoms with Crippen LogP contribution in [-0.2, 0) is 10.0 Å². The van der Waals surface area contributed by atoms with Crippen molar-refractivity contribution in [1.29, 1.82) is 5.26 Å². The van der Waals surface area contributed by atoms with Crippen molar-refractivity contribution in [2.45, 2.75) is 31.6 Å². The first-order chi connectivity index (χ1) is 9.57. The van der Waals surface area contributed by atoms with Crippen LogP contribution in [0.15, 0.2) is 17.0 Å². The van der Waals surface area contributed by atoms with E-state index in [0.717, 1.165) is 6.07 Å². The molecule has 1 aromatic carbocycles. The zero-order chi connectivity index (χ0) is 16.3. The highest BCUT2D eigenvalue weighted by atomic mass is 35.5. The van der Waals surface area contributed by atoms with Crippen molar-refractivity contribution in [2.75, 3.05) is 6.61 Å². The molecule has 1 rings (SSSR count). The summed E-state index contributed by atoms with van der Waals surface area (Å²) in [5.41, 5.74) is -0.414. The summed E-state index contributed by atoms with van der Waals surface area (Å²) in [7, 11) is -3.93. The van der Waals surface area contributed by atoms with Crippen molar-refractivity contribution in [3.63, 3.8) is 0 Å². The predicted octanol–water partition coefficient (Wildman–Crippen LogP) is 3.35. The van der Waals surface area contributed by atoms with Crippen LogP contribution < -0.4 is 9.88 Å². The summed E-state index contributed by atoms with van der Waals surface area (Å²) in [5.74, 6) is 0.281. The van der Waals surface area contributed by atoms with Gasteiger partial charge in [-0.25, -0.2) is 13.6 Å². The first kappa shape index (κ1) is 18.1. The Morgan fingerprint density at radius 1 is 1.33 bits per heavy atom. The quantitative estimate of drug-likeness (QED) is 0.796. The number of benzene rings is 1. The number of nitrogens with zero attached hydrogens (tertiary/aromatic N) is 1. The molecular weight excluding hydrogens is 335 g/mol. The van der Waals surface area contributed by atoms with E-state index in [1.807, 2.05) is 13.8 Å². The Bertz CT molecular complexity index is 667. The van der Waals surface area contributed by atoms with Gasteiger partial charge in [0, 0.05) is 6.07 Å². The lowest BCUT2D eigenvalue weighted by molar-refractivity contribution is 0.284. The normalized spacial score (nSPS) is 12.0. The monoisotopic (exact) mass is 350 g/mol. The number of nitrogens with two attached hydrogens (primary N) is 1. The third kappa shape index (κ3) is 5.36. The highest BCUT2D eigenvalue weighted by molar-refractivity contribution is 7.89. The van der Waals surface area contributed by atoms with Crippen LogP contribution in [0.3, 0.4) is 0 Å². The number of primary sulfonamides is 1. The van der Waals surface area contributed by atoms with Crippen molar-refractivity contribution in [1.82, 2.24) is 0 Å². The lowest BCUT2D eigenvalue weighted by atomic mass is 9.90. The molecule has 5 nitrogen and oxygen atoms in total. The minimum absolute atomic E-state index is 0.0470. The fourth-order valence-corrected chi connectivity index (χ4v) is 2.96. The van der Waals surface area contributed by atoms with Gasteiger partial charge in [0.25, 0.3) is 0 Å².